The normalized spacial score (nSPS) is 20.4. The maximum absolute atomic E-state index is 3.74. The minimum absolute atomic E-state index is 0.923. The number of hydrogen-bond donors (Lipinski definition) is 1. The molecule has 1 atom stereocenters. The maximum atomic E-state index is 3.74. The van der Waals surface area contributed by atoms with Crippen LogP contribution in [0, 0.1) is 5.92 Å². The molecule has 1 unspecified atom stereocenters. The van der Waals surface area contributed by atoms with E-state index < -0.39 is 0 Å². The molecule has 0 saturated carbocycles. The summed E-state index contributed by atoms with van der Waals surface area (Å²) in [5, 5.41) is 3.20. The molecule has 1 aliphatic rings. The van der Waals surface area contributed by atoms with Gasteiger partial charge < -0.3 is 10.2 Å². The third-order valence-electron chi connectivity index (χ3n) is 4.16. The first-order valence-corrected chi connectivity index (χ1v) is 8.22. The molecular weight excluding hydrogens is 300 g/mol. The van der Waals surface area contributed by atoms with Gasteiger partial charge in [0.25, 0.3) is 0 Å². The Morgan fingerprint density at radius 2 is 2.16 bits per heavy atom. The number of rotatable bonds is 4. The largest absolute Gasteiger partial charge is 0.371 e. The van der Waals surface area contributed by atoms with E-state index >= 15 is 0 Å². The van der Waals surface area contributed by atoms with Crippen molar-refractivity contribution in [3.8, 4) is 0 Å². The van der Waals surface area contributed by atoms with Gasteiger partial charge in [0, 0.05) is 24.1 Å². The fraction of sp³-hybridized carbons (Fsp3) is 0.625. The SMILES string of the molecule is CCC1CCCN(c2ccc(CNC)cc2Br)CC1. The molecule has 2 rings (SSSR count). The molecule has 0 aromatic heterocycles. The molecule has 2 nitrogen and oxygen atoms in total. The zero-order chi connectivity index (χ0) is 13.7. The van der Waals surface area contributed by atoms with Crippen LogP contribution in [0.3, 0.4) is 0 Å². The molecule has 1 aromatic rings. The average molecular weight is 325 g/mol. The number of hydrogen-bond acceptors (Lipinski definition) is 2. The van der Waals surface area contributed by atoms with Crippen molar-refractivity contribution in [2.45, 2.75) is 39.2 Å². The highest BCUT2D eigenvalue weighted by molar-refractivity contribution is 9.10. The lowest BCUT2D eigenvalue weighted by molar-refractivity contribution is 0.459. The molecule has 106 valence electrons. The highest BCUT2D eigenvalue weighted by Gasteiger charge is 2.17. The zero-order valence-electron chi connectivity index (χ0n) is 12.1. The Kier molecular flexibility index (Phi) is 5.71. The number of halogens is 1. The van der Waals surface area contributed by atoms with Gasteiger partial charge >= 0.3 is 0 Å². The second kappa shape index (κ2) is 7.30. The molecule has 1 fully saturated rings. The second-order valence-corrected chi connectivity index (χ2v) is 6.36. The molecule has 0 spiro atoms. The molecule has 19 heavy (non-hydrogen) atoms. The average Bonchev–Trinajstić information content (AvgIpc) is 2.64. The molecular formula is C16H25BrN2. The van der Waals surface area contributed by atoms with Crippen LogP contribution in [0.2, 0.25) is 0 Å². The smallest absolute Gasteiger partial charge is 0.0510 e. The minimum Gasteiger partial charge on any atom is -0.371 e. The number of nitrogens with zero attached hydrogens (tertiary/aromatic N) is 1. The third kappa shape index (κ3) is 3.96. The maximum Gasteiger partial charge on any atom is 0.0510 e. The van der Waals surface area contributed by atoms with Crippen LogP contribution in [0.1, 0.15) is 38.2 Å². The number of nitrogens with one attached hydrogen (secondary N) is 1. The summed E-state index contributed by atoms with van der Waals surface area (Å²) in [5.74, 6) is 0.923. The quantitative estimate of drug-likeness (QED) is 0.893. The van der Waals surface area contributed by atoms with Crippen molar-refractivity contribution >= 4 is 21.6 Å². The van der Waals surface area contributed by atoms with Crippen LogP contribution in [0.4, 0.5) is 5.69 Å². The van der Waals surface area contributed by atoms with E-state index in [1.165, 1.54) is 54.5 Å². The van der Waals surface area contributed by atoms with Crippen molar-refractivity contribution in [3.05, 3.63) is 28.2 Å². The Hall–Kier alpha value is -0.540. The van der Waals surface area contributed by atoms with Gasteiger partial charge in [-0.1, -0.05) is 19.4 Å². The van der Waals surface area contributed by atoms with Gasteiger partial charge in [-0.05, 0) is 65.9 Å². The van der Waals surface area contributed by atoms with E-state index in [9.17, 15) is 0 Å². The summed E-state index contributed by atoms with van der Waals surface area (Å²) < 4.78 is 1.23. The molecule has 0 aliphatic carbocycles. The van der Waals surface area contributed by atoms with Crippen LogP contribution in [0.25, 0.3) is 0 Å². The Balaban J connectivity index is 2.08. The lowest BCUT2D eigenvalue weighted by Crippen LogP contribution is -2.24. The van der Waals surface area contributed by atoms with Gasteiger partial charge in [-0.15, -0.1) is 0 Å². The van der Waals surface area contributed by atoms with E-state index in [1.807, 2.05) is 7.05 Å². The predicted molar refractivity (Wildman–Crippen MR) is 86.8 cm³/mol. The molecule has 1 aliphatic heterocycles. The molecule has 0 bridgehead atoms. The minimum atomic E-state index is 0.923. The topological polar surface area (TPSA) is 15.3 Å². The van der Waals surface area contributed by atoms with Gasteiger partial charge in [0.2, 0.25) is 0 Å². The molecule has 0 radical (unpaired) electrons. The van der Waals surface area contributed by atoms with Crippen LogP contribution in [0.5, 0.6) is 0 Å². The first kappa shape index (κ1) is 14.9. The summed E-state index contributed by atoms with van der Waals surface area (Å²) in [6.45, 7) is 5.64. The van der Waals surface area contributed by atoms with Crippen molar-refractivity contribution in [1.82, 2.24) is 5.32 Å². The van der Waals surface area contributed by atoms with Crippen molar-refractivity contribution < 1.29 is 0 Å². The molecule has 0 amide bonds. The molecule has 1 saturated heterocycles. The van der Waals surface area contributed by atoms with Gasteiger partial charge in [0.05, 0.1) is 5.69 Å². The lowest BCUT2D eigenvalue weighted by Gasteiger charge is -2.24. The first-order valence-electron chi connectivity index (χ1n) is 7.42. The van der Waals surface area contributed by atoms with Crippen molar-refractivity contribution in [2.24, 2.45) is 5.92 Å². The van der Waals surface area contributed by atoms with Gasteiger partial charge in [-0.3, -0.25) is 0 Å². The molecule has 1 aromatic carbocycles. The van der Waals surface area contributed by atoms with Crippen molar-refractivity contribution in [2.75, 3.05) is 25.0 Å². The van der Waals surface area contributed by atoms with Crippen molar-refractivity contribution in [1.29, 1.82) is 0 Å². The Morgan fingerprint density at radius 1 is 1.32 bits per heavy atom. The van der Waals surface area contributed by atoms with E-state index in [2.05, 4.69) is 51.3 Å². The zero-order valence-corrected chi connectivity index (χ0v) is 13.7. The van der Waals surface area contributed by atoms with Gasteiger partial charge in [0.15, 0.2) is 0 Å². The fourth-order valence-electron chi connectivity index (χ4n) is 2.94. The van der Waals surface area contributed by atoms with E-state index in [-0.39, 0.29) is 0 Å². The number of benzene rings is 1. The van der Waals surface area contributed by atoms with Crippen LogP contribution in [-0.4, -0.2) is 20.1 Å². The Bertz CT molecular complexity index is 406. The monoisotopic (exact) mass is 324 g/mol. The summed E-state index contributed by atoms with van der Waals surface area (Å²) in [6, 6.07) is 6.75. The van der Waals surface area contributed by atoms with E-state index in [1.54, 1.807) is 0 Å². The third-order valence-corrected chi connectivity index (χ3v) is 4.79. The van der Waals surface area contributed by atoms with Crippen LogP contribution in [0.15, 0.2) is 22.7 Å². The highest BCUT2D eigenvalue weighted by atomic mass is 79.9. The van der Waals surface area contributed by atoms with Crippen LogP contribution < -0.4 is 10.2 Å². The molecule has 1 heterocycles. The van der Waals surface area contributed by atoms with Crippen LogP contribution >= 0.6 is 15.9 Å². The summed E-state index contributed by atoms with van der Waals surface area (Å²) in [4.78, 5) is 2.54. The Morgan fingerprint density at radius 3 is 2.84 bits per heavy atom. The van der Waals surface area contributed by atoms with E-state index in [0.717, 1.165) is 12.5 Å². The van der Waals surface area contributed by atoms with Crippen LogP contribution in [-0.2, 0) is 6.54 Å². The second-order valence-electron chi connectivity index (χ2n) is 5.51. The molecule has 3 heteroatoms. The van der Waals surface area contributed by atoms with Gasteiger partial charge in [-0.2, -0.15) is 0 Å². The number of anilines is 1. The summed E-state index contributed by atoms with van der Waals surface area (Å²) in [7, 11) is 1.99. The Labute approximate surface area is 125 Å². The van der Waals surface area contributed by atoms with Gasteiger partial charge in [-0.25, -0.2) is 0 Å². The fourth-order valence-corrected chi connectivity index (χ4v) is 3.61. The summed E-state index contributed by atoms with van der Waals surface area (Å²) in [5.41, 5.74) is 2.69. The van der Waals surface area contributed by atoms with E-state index in [4.69, 9.17) is 0 Å². The van der Waals surface area contributed by atoms with Gasteiger partial charge in [0.1, 0.15) is 0 Å². The predicted octanol–water partition coefficient (Wildman–Crippen LogP) is 4.19. The van der Waals surface area contributed by atoms with E-state index in [0.29, 0.717) is 0 Å². The summed E-state index contributed by atoms with van der Waals surface area (Å²) >= 11 is 3.74. The lowest BCUT2D eigenvalue weighted by atomic mass is 9.98. The molecule has 1 N–H and O–H groups in total. The van der Waals surface area contributed by atoms with Crippen molar-refractivity contribution in [3.63, 3.8) is 0 Å². The summed E-state index contributed by atoms with van der Waals surface area (Å²) in [6.07, 6.45) is 5.38. The highest BCUT2D eigenvalue weighted by Crippen LogP contribution is 2.30. The first-order chi connectivity index (χ1) is 9.24. The standard InChI is InChI=1S/C16H25BrN2/c1-3-13-5-4-9-19(10-8-13)16-7-6-14(12-18-2)11-15(16)17/h6-7,11,13,18H,3-5,8-10,12H2,1-2H3.